The molecule has 0 aliphatic carbocycles. The Labute approximate surface area is 206 Å². The third-order valence-electron chi connectivity index (χ3n) is 5.87. The van der Waals surface area contributed by atoms with E-state index in [2.05, 4.69) is 32.9 Å². The minimum atomic E-state index is -0.193. The number of fused-ring (bicyclic) bond motifs is 1. The van der Waals surface area contributed by atoms with Crippen molar-refractivity contribution < 1.29 is 23.4 Å². The summed E-state index contributed by atoms with van der Waals surface area (Å²) in [6.45, 7) is 6.32. The van der Waals surface area contributed by atoms with E-state index in [-0.39, 0.29) is 5.43 Å². The fourth-order valence-electron chi connectivity index (χ4n) is 4.01. The molecule has 186 valence electrons. The van der Waals surface area contributed by atoms with Gasteiger partial charge in [0.1, 0.15) is 28.2 Å². The van der Waals surface area contributed by atoms with Crippen LogP contribution in [0, 0.1) is 0 Å². The van der Waals surface area contributed by atoms with E-state index >= 15 is 0 Å². The minimum absolute atomic E-state index is 0.193. The molecular weight excluding hydrogens is 444 g/mol. The normalized spacial score (nSPS) is 11.3. The third-order valence-corrected chi connectivity index (χ3v) is 5.87. The molecule has 0 aliphatic rings. The average Bonchev–Trinajstić information content (AvgIpc) is 2.85. The summed E-state index contributed by atoms with van der Waals surface area (Å²) in [6, 6.07) is 8.59. The Morgan fingerprint density at radius 1 is 0.857 bits per heavy atom. The summed E-state index contributed by atoms with van der Waals surface area (Å²) in [5, 5.41) is 0.392. The SMILES string of the molecule is COc1ccc(-c2cc(=O)c3c(OC)c(C/C=C(\C)CCC=C(C)C)c(OC)cc3o2)cc1OC. The van der Waals surface area contributed by atoms with Crippen molar-refractivity contribution >= 4 is 11.0 Å². The number of hydrogen-bond acceptors (Lipinski definition) is 6. The molecule has 1 heterocycles. The van der Waals surface area contributed by atoms with Crippen LogP contribution >= 0.6 is 0 Å². The van der Waals surface area contributed by atoms with Gasteiger partial charge in [0.2, 0.25) is 0 Å². The molecule has 3 aromatic rings. The van der Waals surface area contributed by atoms with E-state index < -0.39 is 0 Å². The monoisotopic (exact) mass is 478 g/mol. The standard InChI is InChI=1S/C29H34O6/c1-18(2)9-8-10-19(3)11-13-21-25(32-5)17-27-28(29(21)34-7)22(30)16-24(35-27)20-12-14-23(31-4)26(15-20)33-6/h9,11-12,14-17H,8,10,13H2,1-7H3/b19-11+. The summed E-state index contributed by atoms with van der Waals surface area (Å²) in [7, 11) is 6.30. The third kappa shape index (κ3) is 5.88. The van der Waals surface area contributed by atoms with Crippen LogP contribution in [-0.2, 0) is 6.42 Å². The number of rotatable bonds is 10. The van der Waals surface area contributed by atoms with Crippen LogP contribution in [0.25, 0.3) is 22.3 Å². The lowest BCUT2D eigenvalue weighted by molar-refractivity contribution is 0.355. The number of methoxy groups -OCH3 is 4. The van der Waals surface area contributed by atoms with Crippen molar-refractivity contribution in [1.82, 2.24) is 0 Å². The summed E-state index contributed by atoms with van der Waals surface area (Å²) >= 11 is 0. The van der Waals surface area contributed by atoms with Crippen LogP contribution in [0.2, 0.25) is 0 Å². The van der Waals surface area contributed by atoms with Gasteiger partial charge in [0, 0.05) is 23.3 Å². The minimum Gasteiger partial charge on any atom is -0.496 e. The zero-order chi connectivity index (χ0) is 25.5. The molecule has 0 fully saturated rings. The van der Waals surface area contributed by atoms with Gasteiger partial charge < -0.3 is 23.4 Å². The van der Waals surface area contributed by atoms with Gasteiger partial charge >= 0.3 is 0 Å². The second-order valence-corrected chi connectivity index (χ2v) is 8.58. The van der Waals surface area contributed by atoms with Crippen LogP contribution < -0.4 is 24.4 Å². The summed E-state index contributed by atoms with van der Waals surface area (Å²) in [5.41, 5.74) is 4.29. The zero-order valence-corrected chi connectivity index (χ0v) is 21.6. The highest BCUT2D eigenvalue weighted by molar-refractivity contribution is 5.88. The molecule has 35 heavy (non-hydrogen) atoms. The average molecular weight is 479 g/mol. The Hall–Kier alpha value is -3.67. The molecule has 0 spiro atoms. The van der Waals surface area contributed by atoms with E-state index in [1.54, 1.807) is 46.6 Å². The highest BCUT2D eigenvalue weighted by Crippen LogP contribution is 2.38. The quantitative estimate of drug-likeness (QED) is 0.301. The van der Waals surface area contributed by atoms with Gasteiger partial charge in [-0.05, 0) is 58.2 Å². The first-order valence-electron chi connectivity index (χ1n) is 11.6. The Morgan fingerprint density at radius 2 is 1.57 bits per heavy atom. The number of allylic oxidation sites excluding steroid dienone is 4. The van der Waals surface area contributed by atoms with Crippen LogP contribution in [0.3, 0.4) is 0 Å². The Kier molecular flexibility index (Phi) is 8.63. The molecule has 0 unspecified atom stereocenters. The van der Waals surface area contributed by atoms with Crippen molar-refractivity contribution in [2.45, 2.75) is 40.0 Å². The lowest BCUT2D eigenvalue weighted by Crippen LogP contribution is -2.06. The topological polar surface area (TPSA) is 67.1 Å². The lowest BCUT2D eigenvalue weighted by Gasteiger charge is -2.15. The number of benzene rings is 2. The summed E-state index contributed by atoms with van der Waals surface area (Å²) in [5.74, 6) is 2.63. The highest BCUT2D eigenvalue weighted by atomic mass is 16.5. The predicted molar refractivity (Wildman–Crippen MR) is 140 cm³/mol. The van der Waals surface area contributed by atoms with Crippen LogP contribution in [0.4, 0.5) is 0 Å². The molecular formula is C29H34O6. The van der Waals surface area contributed by atoms with Crippen molar-refractivity contribution in [1.29, 1.82) is 0 Å². The molecule has 0 saturated heterocycles. The Balaban J connectivity index is 2.08. The van der Waals surface area contributed by atoms with Gasteiger partial charge in [-0.1, -0.05) is 23.3 Å². The molecule has 6 nitrogen and oxygen atoms in total. The van der Waals surface area contributed by atoms with Gasteiger partial charge in [0.15, 0.2) is 16.9 Å². The van der Waals surface area contributed by atoms with Crippen molar-refractivity contribution in [2.75, 3.05) is 28.4 Å². The van der Waals surface area contributed by atoms with Gasteiger partial charge in [-0.2, -0.15) is 0 Å². The van der Waals surface area contributed by atoms with Gasteiger partial charge in [0.05, 0.1) is 28.4 Å². The predicted octanol–water partition coefficient (Wildman–Crippen LogP) is 6.73. The van der Waals surface area contributed by atoms with Crippen LogP contribution in [0.5, 0.6) is 23.0 Å². The van der Waals surface area contributed by atoms with E-state index in [1.807, 2.05) is 6.07 Å². The van der Waals surface area contributed by atoms with E-state index in [4.69, 9.17) is 23.4 Å². The first kappa shape index (κ1) is 25.9. The van der Waals surface area contributed by atoms with Crippen molar-refractivity contribution in [2.24, 2.45) is 0 Å². The maximum atomic E-state index is 13.3. The van der Waals surface area contributed by atoms with Crippen molar-refractivity contribution in [3.63, 3.8) is 0 Å². The first-order valence-corrected chi connectivity index (χ1v) is 11.6. The highest BCUT2D eigenvalue weighted by Gasteiger charge is 2.20. The molecule has 0 saturated carbocycles. The largest absolute Gasteiger partial charge is 0.496 e. The summed E-state index contributed by atoms with van der Waals surface area (Å²) in [6.07, 6.45) is 6.94. The molecule has 0 aliphatic heterocycles. The Bertz CT molecular complexity index is 1310. The molecule has 6 heteroatoms. The van der Waals surface area contributed by atoms with E-state index in [0.29, 0.717) is 51.7 Å². The number of hydrogen-bond donors (Lipinski definition) is 0. The molecule has 0 N–H and O–H groups in total. The molecule has 1 aromatic heterocycles. The maximum Gasteiger partial charge on any atom is 0.197 e. The Morgan fingerprint density at radius 3 is 2.20 bits per heavy atom. The van der Waals surface area contributed by atoms with Crippen LogP contribution in [0.15, 0.2) is 62.8 Å². The molecule has 0 radical (unpaired) electrons. The maximum absolute atomic E-state index is 13.3. The summed E-state index contributed by atoms with van der Waals surface area (Å²) in [4.78, 5) is 13.3. The smallest absolute Gasteiger partial charge is 0.197 e. The van der Waals surface area contributed by atoms with Crippen molar-refractivity contribution in [3.05, 3.63) is 69.4 Å². The van der Waals surface area contributed by atoms with Crippen LogP contribution in [0.1, 0.15) is 39.2 Å². The zero-order valence-electron chi connectivity index (χ0n) is 21.6. The fourth-order valence-corrected chi connectivity index (χ4v) is 4.01. The molecule has 0 amide bonds. The second kappa shape index (κ2) is 11.6. The van der Waals surface area contributed by atoms with E-state index in [1.165, 1.54) is 17.2 Å². The molecule has 2 aromatic carbocycles. The molecule has 0 bridgehead atoms. The van der Waals surface area contributed by atoms with E-state index in [0.717, 1.165) is 18.4 Å². The van der Waals surface area contributed by atoms with Gasteiger partial charge in [0.25, 0.3) is 0 Å². The van der Waals surface area contributed by atoms with Gasteiger partial charge in [-0.25, -0.2) is 0 Å². The molecule has 0 atom stereocenters. The van der Waals surface area contributed by atoms with Crippen molar-refractivity contribution in [3.8, 4) is 34.3 Å². The van der Waals surface area contributed by atoms with Crippen LogP contribution in [-0.4, -0.2) is 28.4 Å². The fraction of sp³-hybridized carbons (Fsp3) is 0.345. The van der Waals surface area contributed by atoms with Gasteiger partial charge in [-0.15, -0.1) is 0 Å². The summed E-state index contributed by atoms with van der Waals surface area (Å²) < 4.78 is 28.3. The molecule has 3 rings (SSSR count). The van der Waals surface area contributed by atoms with Gasteiger partial charge in [-0.3, -0.25) is 4.79 Å². The second-order valence-electron chi connectivity index (χ2n) is 8.58. The lowest BCUT2D eigenvalue weighted by atomic mass is 10.0. The first-order chi connectivity index (χ1) is 16.8. The number of ether oxygens (including phenoxy) is 4. The van der Waals surface area contributed by atoms with E-state index in [9.17, 15) is 4.79 Å².